The van der Waals surface area contributed by atoms with Gasteiger partial charge in [0.1, 0.15) is 17.2 Å². The summed E-state index contributed by atoms with van der Waals surface area (Å²) in [5, 5.41) is 4.82. The first-order chi connectivity index (χ1) is 11.4. The highest BCUT2D eigenvalue weighted by atomic mass is 32.2. The van der Waals surface area contributed by atoms with Crippen LogP contribution in [0.2, 0.25) is 0 Å². The molecule has 2 aromatic rings. The molecule has 0 fully saturated rings. The first-order valence-electron chi connectivity index (χ1n) is 6.84. The van der Waals surface area contributed by atoms with E-state index in [4.69, 9.17) is 14.6 Å². The number of hydrogen-bond donors (Lipinski definition) is 1. The zero-order valence-corrected chi connectivity index (χ0v) is 13.4. The van der Waals surface area contributed by atoms with Gasteiger partial charge in [-0.2, -0.15) is 13.6 Å². The van der Waals surface area contributed by atoms with Crippen LogP contribution in [-0.4, -0.2) is 21.6 Å². The minimum Gasteiger partial charge on any atom is -0.497 e. The van der Waals surface area contributed by atoms with Crippen molar-refractivity contribution in [1.29, 1.82) is 0 Å². The summed E-state index contributed by atoms with van der Waals surface area (Å²) in [6.07, 6.45) is -0.583. The van der Waals surface area contributed by atoms with Gasteiger partial charge in [0.25, 0.3) is 0 Å². The third-order valence-electron chi connectivity index (χ3n) is 3.38. The van der Waals surface area contributed by atoms with E-state index in [1.54, 1.807) is 37.4 Å². The number of carbonyl (C=O) groups excluding carboxylic acids is 1. The predicted octanol–water partition coefficient (Wildman–Crippen LogP) is 1.80. The number of nitrogens with two attached hydrogens (primary N) is 1. The van der Waals surface area contributed by atoms with E-state index in [0.29, 0.717) is 17.0 Å². The normalized spacial score (nSPS) is 13.9. The Labute approximate surface area is 138 Å². The molecule has 2 aromatic carbocycles. The van der Waals surface area contributed by atoms with Crippen molar-refractivity contribution >= 4 is 22.1 Å². The van der Waals surface area contributed by atoms with Crippen LogP contribution in [0.5, 0.6) is 17.2 Å². The van der Waals surface area contributed by atoms with Crippen LogP contribution in [-0.2, 0) is 16.8 Å². The summed E-state index contributed by atoms with van der Waals surface area (Å²) < 4.78 is 36.8. The third-order valence-corrected chi connectivity index (χ3v) is 3.81. The van der Waals surface area contributed by atoms with Gasteiger partial charge >= 0.3 is 16.4 Å². The first kappa shape index (κ1) is 16.1. The fraction of sp³-hybridized carbons (Fsp3) is 0.133. The summed E-state index contributed by atoms with van der Waals surface area (Å²) in [5.74, 6) is 0.877. The quantitative estimate of drug-likeness (QED) is 0.901. The zero-order chi connectivity index (χ0) is 17.3. The van der Waals surface area contributed by atoms with Gasteiger partial charge in [0.05, 0.1) is 13.7 Å². The molecule has 0 bridgehead atoms. The molecule has 1 amide bonds. The van der Waals surface area contributed by atoms with Gasteiger partial charge in [-0.15, -0.1) is 0 Å². The summed E-state index contributed by atoms with van der Waals surface area (Å²) in [5.41, 5.74) is 1.35. The summed E-state index contributed by atoms with van der Waals surface area (Å²) >= 11 is 0. The lowest BCUT2D eigenvalue weighted by molar-refractivity contribution is 0.203. The van der Waals surface area contributed by atoms with Crippen LogP contribution in [0.25, 0.3) is 0 Å². The Kier molecular flexibility index (Phi) is 4.04. The van der Waals surface area contributed by atoms with E-state index in [1.165, 1.54) is 17.0 Å². The van der Waals surface area contributed by atoms with E-state index < -0.39 is 16.4 Å². The highest BCUT2D eigenvalue weighted by molar-refractivity contribution is 7.84. The number of hydrogen-bond acceptors (Lipinski definition) is 6. The Bertz CT molecular complexity index is 879. The van der Waals surface area contributed by atoms with E-state index in [1.807, 2.05) is 0 Å². The van der Waals surface area contributed by atoms with E-state index in [0.717, 1.165) is 0 Å². The average molecular weight is 350 g/mol. The van der Waals surface area contributed by atoms with Crippen molar-refractivity contribution in [3.63, 3.8) is 0 Å². The maximum atomic E-state index is 12.2. The fourth-order valence-electron chi connectivity index (χ4n) is 2.29. The molecule has 0 saturated carbocycles. The van der Waals surface area contributed by atoms with E-state index in [2.05, 4.69) is 4.18 Å². The average Bonchev–Trinajstić information content (AvgIpc) is 2.53. The third kappa shape index (κ3) is 3.42. The molecule has 24 heavy (non-hydrogen) atoms. The Morgan fingerprint density at radius 3 is 2.42 bits per heavy atom. The van der Waals surface area contributed by atoms with Crippen LogP contribution in [0.4, 0.5) is 10.5 Å². The van der Waals surface area contributed by atoms with Crippen molar-refractivity contribution in [2.75, 3.05) is 12.0 Å². The minimum absolute atomic E-state index is 0.0260. The second-order valence-corrected chi connectivity index (χ2v) is 6.15. The molecule has 0 aromatic heterocycles. The lowest BCUT2D eigenvalue weighted by Crippen LogP contribution is -2.37. The highest BCUT2D eigenvalue weighted by Gasteiger charge is 2.27. The van der Waals surface area contributed by atoms with Crippen LogP contribution in [0.15, 0.2) is 42.5 Å². The van der Waals surface area contributed by atoms with Gasteiger partial charge in [0.2, 0.25) is 0 Å². The number of ether oxygens (including phenoxy) is 2. The smallest absolute Gasteiger partial charge is 0.420 e. The summed E-state index contributed by atoms with van der Waals surface area (Å²) in [6.45, 7) is 0.274. The molecule has 0 saturated heterocycles. The number of fused-ring (bicyclic) bond motifs is 1. The number of anilines is 1. The first-order valence-corrected chi connectivity index (χ1v) is 8.31. The van der Waals surface area contributed by atoms with Gasteiger partial charge in [-0.3, -0.25) is 4.90 Å². The molecule has 3 rings (SSSR count). The SMILES string of the molecule is COc1ccc(N2Cc3ccc(OS(N)(=O)=O)cc3OC2=O)cc1. The predicted molar refractivity (Wildman–Crippen MR) is 85.4 cm³/mol. The monoisotopic (exact) mass is 350 g/mol. The van der Waals surface area contributed by atoms with Crippen molar-refractivity contribution in [2.24, 2.45) is 5.14 Å². The lowest BCUT2D eigenvalue weighted by Gasteiger charge is -2.28. The van der Waals surface area contributed by atoms with Crippen molar-refractivity contribution < 1.29 is 26.9 Å². The maximum Gasteiger partial charge on any atom is 0.420 e. The van der Waals surface area contributed by atoms with E-state index >= 15 is 0 Å². The molecule has 0 unspecified atom stereocenters. The number of methoxy groups -OCH3 is 1. The molecular weight excluding hydrogens is 336 g/mol. The molecule has 1 heterocycles. The molecule has 0 spiro atoms. The van der Waals surface area contributed by atoms with Gasteiger partial charge in [-0.25, -0.2) is 4.79 Å². The largest absolute Gasteiger partial charge is 0.497 e. The number of amides is 1. The van der Waals surface area contributed by atoms with E-state index in [-0.39, 0.29) is 18.0 Å². The zero-order valence-electron chi connectivity index (χ0n) is 12.6. The number of benzene rings is 2. The molecule has 0 radical (unpaired) electrons. The molecule has 1 aliphatic heterocycles. The number of rotatable bonds is 4. The lowest BCUT2D eigenvalue weighted by atomic mass is 10.1. The molecule has 8 nitrogen and oxygen atoms in total. The standard InChI is InChI=1S/C15H14N2O6S/c1-21-12-6-3-11(4-7-12)17-9-10-2-5-13(23-24(16,19)20)8-14(10)22-15(17)18/h2-8H,9H2,1H3,(H2,16,19,20). The fourth-order valence-corrected chi connectivity index (χ4v) is 2.66. The van der Waals surface area contributed by atoms with Gasteiger partial charge in [0.15, 0.2) is 0 Å². The molecular formula is C15H14N2O6S. The molecule has 0 aliphatic carbocycles. The minimum atomic E-state index is -4.14. The number of nitrogens with zero attached hydrogens (tertiary/aromatic N) is 1. The van der Waals surface area contributed by atoms with Crippen LogP contribution in [0, 0.1) is 0 Å². The summed E-state index contributed by atoms with van der Waals surface area (Å²) in [7, 11) is -2.58. The van der Waals surface area contributed by atoms with Gasteiger partial charge in [0, 0.05) is 17.3 Å². The molecule has 0 atom stereocenters. The summed E-state index contributed by atoms with van der Waals surface area (Å²) in [6, 6.07) is 11.3. The second kappa shape index (κ2) is 6.02. The van der Waals surface area contributed by atoms with Crippen LogP contribution >= 0.6 is 0 Å². The molecule has 2 N–H and O–H groups in total. The summed E-state index contributed by atoms with van der Waals surface area (Å²) in [4.78, 5) is 13.6. The molecule has 9 heteroatoms. The van der Waals surface area contributed by atoms with Gasteiger partial charge in [-0.05, 0) is 36.4 Å². The van der Waals surface area contributed by atoms with Crippen LogP contribution in [0.3, 0.4) is 0 Å². The Balaban J connectivity index is 1.86. The van der Waals surface area contributed by atoms with E-state index in [9.17, 15) is 13.2 Å². The van der Waals surface area contributed by atoms with Crippen molar-refractivity contribution in [1.82, 2.24) is 0 Å². The van der Waals surface area contributed by atoms with Crippen LogP contribution < -0.4 is 23.7 Å². The van der Waals surface area contributed by atoms with Crippen LogP contribution in [0.1, 0.15) is 5.56 Å². The topological polar surface area (TPSA) is 108 Å². The van der Waals surface area contributed by atoms with Gasteiger partial charge < -0.3 is 13.7 Å². The van der Waals surface area contributed by atoms with Crippen molar-refractivity contribution in [2.45, 2.75) is 6.54 Å². The maximum absolute atomic E-state index is 12.2. The Morgan fingerprint density at radius 1 is 1.12 bits per heavy atom. The number of carbonyl (C=O) groups is 1. The van der Waals surface area contributed by atoms with Crippen molar-refractivity contribution in [3.05, 3.63) is 48.0 Å². The highest BCUT2D eigenvalue weighted by Crippen LogP contribution is 2.33. The Morgan fingerprint density at radius 2 is 1.79 bits per heavy atom. The molecule has 1 aliphatic rings. The molecule has 126 valence electrons. The van der Waals surface area contributed by atoms with Gasteiger partial charge in [-0.1, -0.05) is 0 Å². The second-order valence-electron chi connectivity index (χ2n) is 5.00. The van der Waals surface area contributed by atoms with Crippen molar-refractivity contribution in [3.8, 4) is 17.2 Å². The Hall–Kier alpha value is -2.78.